The van der Waals surface area contributed by atoms with Crippen molar-refractivity contribution in [3.05, 3.63) is 110 Å². The molecule has 3 aromatic carbocycles. The Hall–Kier alpha value is -3.24. The van der Waals surface area contributed by atoms with Crippen LogP contribution < -0.4 is 4.90 Å². The number of rotatable bonds is 6. The minimum atomic E-state index is -0.967. The van der Waals surface area contributed by atoms with Crippen LogP contribution in [-0.4, -0.2) is 27.0 Å². The number of aliphatic hydroxyl groups is 1. The third-order valence-electron chi connectivity index (χ3n) is 6.62. The Balaban J connectivity index is 1.54. The maximum atomic E-state index is 13.6. The van der Waals surface area contributed by atoms with Gasteiger partial charge in [-0.1, -0.05) is 97.4 Å². The Labute approximate surface area is 254 Å². The van der Waals surface area contributed by atoms with E-state index in [4.69, 9.17) is 23.2 Å². The average Bonchev–Trinajstić information content (AvgIpc) is 3.50. The van der Waals surface area contributed by atoms with Crippen LogP contribution in [0.2, 0.25) is 10.0 Å². The molecule has 0 saturated carbocycles. The number of benzene rings is 3. The quantitative estimate of drug-likeness (QED) is 0.0762. The zero-order chi connectivity index (χ0) is 29.5. The maximum absolute atomic E-state index is 13.6. The van der Waals surface area contributed by atoms with E-state index in [1.165, 1.54) is 40.9 Å². The van der Waals surface area contributed by atoms with Crippen LogP contribution in [0.4, 0.5) is 9.52 Å². The first-order valence-electron chi connectivity index (χ1n) is 12.5. The molecule has 6 nitrogen and oxygen atoms in total. The zero-order valence-corrected chi connectivity index (χ0v) is 25.3. The van der Waals surface area contributed by atoms with Crippen molar-refractivity contribution in [1.29, 1.82) is 0 Å². The number of hydrogen-bond donors (Lipinski definition) is 1. The second-order valence-electron chi connectivity index (χ2n) is 10.4. The lowest BCUT2D eigenvalue weighted by atomic mass is 9.85. The fourth-order valence-electron chi connectivity index (χ4n) is 4.41. The highest BCUT2D eigenvalue weighted by Gasteiger charge is 2.48. The number of carbonyl (C=O) groups excluding carboxylic acids is 2. The second kappa shape index (κ2) is 11.6. The summed E-state index contributed by atoms with van der Waals surface area (Å²) in [5, 5.41) is 21.0. The first-order valence-corrected chi connectivity index (χ1v) is 15.1. The van der Waals surface area contributed by atoms with Crippen LogP contribution in [0.25, 0.3) is 5.76 Å². The number of ketones is 1. The van der Waals surface area contributed by atoms with Crippen molar-refractivity contribution in [2.75, 3.05) is 4.90 Å². The Morgan fingerprint density at radius 2 is 1.71 bits per heavy atom. The van der Waals surface area contributed by atoms with Gasteiger partial charge >= 0.3 is 5.91 Å². The van der Waals surface area contributed by atoms with E-state index in [2.05, 4.69) is 31.0 Å². The van der Waals surface area contributed by atoms with Crippen molar-refractivity contribution in [3.8, 4) is 0 Å². The monoisotopic (exact) mass is 627 g/mol. The molecule has 1 fully saturated rings. The van der Waals surface area contributed by atoms with Gasteiger partial charge in [0.15, 0.2) is 4.34 Å². The van der Waals surface area contributed by atoms with Crippen LogP contribution in [0.3, 0.4) is 0 Å². The SMILES string of the molecule is CC(C)(C)c1ccc(C2/C(=C(/O)c3ccc(F)cc3)C(=O)C(=O)N2c2nnc(SCc3ccc(Cl)cc3Cl)s2)cc1. The normalized spacial score (nSPS) is 16.9. The maximum Gasteiger partial charge on any atom is 0.301 e. The Morgan fingerprint density at radius 3 is 2.34 bits per heavy atom. The van der Waals surface area contributed by atoms with Gasteiger partial charge in [-0.25, -0.2) is 4.39 Å². The fourth-order valence-corrected chi connectivity index (χ4v) is 6.84. The summed E-state index contributed by atoms with van der Waals surface area (Å²) in [5.74, 6) is -2.10. The Kier molecular flexibility index (Phi) is 8.25. The highest BCUT2D eigenvalue weighted by Crippen LogP contribution is 2.44. The zero-order valence-electron chi connectivity index (χ0n) is 22.2. The molecule has 1 unspecified atom stereocenters. The van der Waals surface area contributed by atoms with E-state index in [1.807, 2.05) is 30.3 Å². The third kappa shape index (κ3) is 6.04. The van der Waals surface area contributed by atoms with Crippen molar-refractivity contribution in [2.45, 2.75) is 42.3 Å². The van der Waals surface area contributed by atoms with Gasteiger partial charge in [-0.15, -0.1) is 10.2 Å². The van der Waals surface area contributed by atoms with Gasteiger partial charge in [-0.3, -0.25) is 14.5 Å². The van der Waals surface area contributed by atoms with Crippen molar-refractivity contribution >= 4 is 68.9 Å². The minimum absolute atomic E-state index is 0.109. The minimum Gasteiger partial charge on any atom is -0.507 e. The number of halogens is 3. The van der Waals surface area contributed by atoms with Gasteiger partial charge < -0.3 is 5.11 Å². The molecule has 2 heterocycles. The lowest BCUT2D eigenvalue weighted by molar-refractivity contribution is -0.132. The molecular weight excluding hydrogens is 604 g/mol. The summed E-state index contributed by atoms with van der Waals surface area (Å²) in [5.41, 5.74) is 2.52. The van der Waals surface area contributed by atoms with Crippen LogP contribution >= 0.6 is 46.3 Å². The van der Waals surface area contributed by atoms with Crippen LogP contribution in [0.15, 0.2) is 76.6 Å². The number of hydrogen-bond acceptors (Lipinski definition) is 7. The lowest BCUT2D eigenvalue weighted by Crippen LogP contribution is -2.29. The fraction of sp³-hybridized carbons (Fsp3) is 0.200. The molecule has 0 aliphatic carbocycles. The van der Waals surface area contributed by atoms with E-state index in [9.17, 15) is 19.1 Å². The van der Waals surface area contributed by atoms with Crippen LogP contribution in [0, 0.1) is 5.82 Å². The van der Waals surface area contributed by atoms with Gasteiger partial charge in [0.05, 0.1) is 11.6 Å². The molecule has 1 N–H and O–H groups in total. The molecule has 41 heavy (non-hydrogen) atoms. The van der Waals surface area contributed by atoms with Crippen molar-refractivity contribution in [1.82, 2.24) is 10.2 Å². The summed E-state index contributed by atoms with van der Waals surface area (Å²) in [7, 11) is 0. The van der Waals surface area contributed by atoms with Crippen LogP contribution in [0.1, 0.15) is 49.1 Å². The van der Waals surface area contributed by atoms with Crippen molar-refractivity contribution in [3.63, 3.8) is 0 Å². The molecule has 11 heteroatoms. The molecule has 0 radical (unpaired) electrons. The van der Waals surface area contributed by atoms with Gasteiger partial charge in [0.25, 0.3) is 5.78 Å². The van der Waals surface area contributed by atoms with Gasteiger partial charge in [-0.05, 0) is 58.5 Å². The van der Waals surface area contributed by atoms with E-state index in [0.29, 0.717) is 25.7 Å². The molecule has 1 saturated heterocycles. The number of aliphatic hydroxyl groups excluding tert-OH is 1. The lowest BCUT2D eigenvalue weighted by Gasteiger charge is -2.24. The second-order valence-corrected chi connectivity index (χ2v) is 13.4. The molecular formula is C30H24Cl2FN3O3S2. The standard InChI is InChI=1S/C30H24Cl2FN3O3S2/c1-30(2,3)19-9-4-16(5-10-19)24-23(25(37)17-7-12-21(33)13-8-17)26(38)27(39)36(24)28-34-35-29(41-28)40-15-18-6-11-20(31)14-22(18)32/h4-14,24,37H,15H2,1-3H3/b25-23-. The van der Waals surface area contributed by atoms with E-state index in [1.54, 1.807) is 12.1 Å². The molecule has 1 atom stereocenters. The summed E-state index contributed by atoms with van der Waals surface area (Å²) >= 11 is 14.8. The van der Waals surface area contributed by atoms with Crippen molar-refractivity contribution < 1.29 is 19.1 Å². The molecule has 210 valence electrons. The molecule has 0 spiro atoms. The molecule has 5 rings (SSSR count). The van der Waals surface area contributed by atoms with Gasteiger partial charge in [0.1, 0.15) is 11.6 Å². The smallest absolute Gasteiger partial charge is 0.301 e. The number of anilines is 1. The van der Waals surface area contributed by atoms with E-state index < -0.39 is 29.3 Å². The molecule has 1 aromatic heterocycles. The Morgan fingerprint density at radius 1 is 1.02 bits per heavy atom. The van der Waals surface area contributed by atoms with E-state index >= 15 is 0 Å². The van der Waals surface area contributed by atoms with Gasteiger partial charge in [0.2, 0.25) is 5.13 Å². The largest absolute Gasteiger partial charge is 0.507 e. The summed E-state index contributed by atoms with van der Waals surface area (Å²) in [6, 6.07) is 16.9. The predicted octanol–water partition coefficient (Wildman–Crippen LogP) is 8.20. The highest BCUT2D eigenvalue weighted by atomic mass is 35.5. The molecule has 0 bridgehead atoms. The molecule has 1 aliphatic heterocycles. The molecule has 1 aliphatic rings. The highest BCUT2D eigenvalue weighted by molar-refractivity contribution is 8.00. The molecule has 4 aromatic rings. The summed E-state index contributed by atoms with van der Waals surface area (Å²) < 4.78 is 14.1. The first kappa shape index (κ1) is 29.3. The van der Waals surface area contributed by atoms with E-state index in [-0.39, 0.29) is 21.7 Å². The summed E-state index contributed by atoms with van der Waals surface area (Å²) in [6.07, 6.45) is 0. The number of thioether (sulfide) groups is 1. The topological polar surface area (TPSA) is 83.4 Å². The van der Waals surface area contributed by atoms with Gasteiger partial charge in [0, 0.05) is 21.4 Å². The molecule has 1 amide bonds. The van der Waals surface area contributed by atoms with Crippen molar-refractivity contribution in [2.24, 2.45) is 0 Å². The number of nitrogens with zero attached hydrogens (tertiary/aromatic N) is 3. The van der Waals surface area contributed by atoms with E-state index in [0.717, 1.165) is 22.5 Å². The van der Waals surface area contributed by atoms with Crippen LogP contribution in [-0.2, 0) is 20.8 Å². The van der Waals surface area contributed by atoms with Crippen LogP contribution in [0.5, 0.6) is 0 Å². The Bertz CT molecular complexity index is 1670. The number of amides is 1. The first-order chi connectivity index (χ1) is 19.4. The summed E-state index contributed by atoms with van der Waals surface area (Å²) in [6.45, 7) is 6.25. The number of carbonyl (C=O) groups is 2. The summed E-state index contributed by atoms with van der Waals surface area (Å²) in [4.78, 5) is 28.1. The van der Waals surface area contributed by atoms with Gasteiger partial charge in [-0.2, -0.15) is 0 Å². The third-order valence-corrected chi connectivity index (χ3v) is 9.31. The number of Topliss-reactive ketones (excluding diaryl/α,β-unsaturated/α-hetero) is 1. The average molecular weight is 629 g/mol. The number of aromatic nitrogens is 2. The predicted molar refractivity (Wildman–Crippen MR) is 162 cm³/mol.